The van der Waals surface area contributed by atoms with Crippen molar-refractivity contribution in [3.8, 4) is 0 Å². The van der Waals surface area contributed by atoms with Crippen molar-refractivity contribution in [1.82, 2.24) is 29.5 Å². The molecule has 16 heteroatoms. The van der Waals surface area contributed by atoms with Gasteiger partial charge in [0.05, 0.1) is 12.5 Å². The van der Waals surface area contributed by atoms with Crippen LogP contribution in [0.3, 0.4) is 0 Å². The fourth-order valence-corrected chi connectivity index (χ4v) is 10.1. The van der Waals surface area contributed by atoms with Gasteiger partial charge in [0, 0.05) is 115 Å². The molecule has 14 nitrogen and oxygen atoms in total. The van der Waals surface area contributed by atoms with E-state index < -0.39 is 25.6 Å². The van der Waals surface area contributed by atoms with Crippen LogP contribution in [0.25, 0.3) is 0 Å². The van der Waals surface area contributed by atoms with Crippen molar-refractivity contribution < 1.29 is 26.4 Å². The summed E-state index contributed by atoms with van der Waals surface area (Å²) in [6.07, 6.45) is 5.54. The summed E-state index contributed by atoms with van der Waals surface area (Å²) in [6, 6.07) is 13.1. The number of carbonyl (C=O) groups is 1. The van der Waals surface area contributed by atoms with Gasteiger partial charge < -0.3 is 24.8 Å². The highest BCUT2D eigenvalue weighted by atomic mass is 32.2. The van der Waals surface area contributed by atoms with Crippen molar-refractivity contribution in [2.24, 2.45) is 0 Å². The van der Waals surface area contributed by atoms with Crippen LogP contribution < -0.4 is 24.6 Å². The SMILES string of the molecule is Cc1cccc(CN2CCN(C(=O)OC(C)(C)C)CC2)c1N1CCC(NS(C)(=O)=O)CC1.Cc1cccc(CN2CCNCC2)c1N1CCC(NS(C)(=O)=O)CC1. The van der Waals surface area contributed by atoms with E-state index >= 15 is 0 Å². The van der Waals surface area contributed by atoms with Crippen LogP contribution in [0.1, 0.15) is 68.7 Å². The number of amides is 1. The Balaban J connectivity index is 0.000000224. The largest absolute Gasteiger partial charge is 0.444 e. The van der Waals surface area contributed by atoms with Crippen molar-refractivity contribution in [3.05, 3.63) is 58.7 Å². The molecule has 6 rings (SSSR count). The van der Waals surface area contributed by atoms with E-state index in [0.717, 1.165) is 104 Å². The summed E-state index contributed by atoms with van der Waals surface area (Å²) in [5.74, 6) is 0. The number of piperidine rings is 2. The second kappa shape index (κ2) is 19.8. The minimum absolute atomic E-state index is 0.00894. The van der Waals surface area contributed by atoms with Gasteiger partial charge in [-0.3, -0.25) is 9.80 Å². The minimum Gasteiger partial charge on any atom is -0.444 e. The van der Waals surface area contributed by atoms with E-state index in [1.807, 2.05) is 20.8 Å². The lowest BCUT2D eigenvalue weighted by Crippen LogP contribution is -2.49. The first-order valence-electron chi connectivity index (χ1n) is 20.6. The van der Waals surface area contributed by atoms with E-state index in [-0.39, 0.29) is 18.2 Å². The first kappa shape index (κ1) is 45.1. The third-order valence-corrected chi connectivity index (χ3v) is 12.6. The maximum absolute atomic E-state index is 12.3. The number of aryl methyl sites for hydroxylation is 2. The highest BCUT2D eigenvalue weighted by molar-refractivity contribution is 7.89. The van der Waals surface area contributed by atoms with Gasteiger partial charge in [0.1, 0.15) is 5.60 Å². The number of carbonyl (C=O) groups excluding carboxylic acids is 1. The predicted molar refractivity (Wildman–Crippen MR) is 230 cm³/mol. The Morgan fingerprint density at radius 2 is 1.07 bits per heavy atom. The van der Waals surface area contributed by atoms with Crippen LogP contribution in [0.4, 0.5) is 16.2 Å². The van der Waals surface area contributed by atoms with E-state index in [0.29, 0.717) is 13.1 Å². The predicted octanol–water partition coefficient (Wildman–Crippen LogP) is 3.48. The monoisotopic (exact) mass is 832 g/mol. The molecule has 2 aromatic rings. The first-order chi connectivity index (χ1) is 26.8. The number of piperazine rings is 2. The molecule has 4 fully saturated rings. The van der Waals surface area contributed by atoms with Gasteiger partial charge in [-0.05, 0) is 82.6 Å². The van der Waals surface area contributed by atoms with Crippen LogP contribution in [0, 0.1) is 13.8 Å². The number of rotatable bonds is 10. The lowest BCUT2D eigenvalue weighted by atomic mass is 10.0. The van der Waals surface area contributed by atoms with E-state index in [4.69, 9.17) is 4.74 Å². The number of para-hydroxylation sites is 2. The Morgan fingerprint density at radius 3 is 1.46 bits per heavy atom. The van der Waals surface area contributed by atoms with Crippen LogP contribution >= 0.6 is 0 Å². The summed E-state index contributed by atoms with van der Waals surface area (Å²) in [5.41, 5.74) is 7.35. The lowest BCUT2D eigenvalue weighted by Gasteiger charge is -2.38. The summed E-state index contributed by atoms with van der Waals surface area (Å²) < 4.78 is 57.0. The third kappa shape index (κ3) is 14.4. The Labute approximate surface area is 342 Å². The Morgan fingerprint density at radius 1 is 0.667 bits per heavy atom. The molecule has 3 N–H and O–H groups in total. The number of anilines is 2. The van der Waals surface area contributed by atoms with Gasteiger partial charge >= 0.3 is 6.09 Å². The van der Waals surface area contributed by atoms with E-state index in [9.17, 15) is 21.6 Å². The second-order valence-corrected chi connectivity index (χ2v) is 20.8. The number of hydrogen-bond acceptors (Lipinski definition) is 11. The maximum atomic E-state index is 12.3. The zero-order valence-electron chi connectivity index (χ0n) is 35.3. The number of sulfonamides is 2. The normalized spacial score (nSPS) is 19.9. The van der Waals surface area contributed by atoms with Gasteiger partial charge in [-0.2, -0.15) is 0 Å². The highest BCUT2D eigenvalue weighted by Gasteiger charge is 2.29. The molecule has 0 aromatic heterocycles. The summed E-state index contributed by atoms with van der Waals surface area (Å²) in [5, 5.41) is 3.41. The van der Waals surface area contributed by atoms with Crippen molar-refractivity contribution in [2.45, 2.75) is 91.1 Å². The average Bonchev–Trinajstić information content (AvgIpc) is 3.12. The van der Waals surface area contributed by atoms with Gasteiger partial charge in [-0.15, -0.1) is 0 Å². The first-order valence-corrected chi connectivity index (χ1v) is 24.4. The minimum atomic E-state index is -3.17. The van der Waals surface area contributed by atoms with Gasteiger partial charge in [0.25, 0.3) is 0 Å². The molecule has 4 heterocycles. The summed E-state index contributed by atoms with van der Waals surface area (Å²) in [6.45, 7) is 22.5. The van der Waals surface area contributed by atoms with E-state index in [2.05, 4.69) is 84.6 Å². The molecule has 4 saturated heterocycles. The molecular formula is C41H68N8O6S2. The molecule has 57 heavy (non-hydrogen) atoms. The van der Waals surface area contributed by atoms with Crippen molar-refractivity contribution in [1.29, 1.82) is 0 Å². The van der Waals surface area contributed by atoms with Gasteiger partial charge in [0.2, 0.25) is 20.0 Å². The zero-order valence-corrected chi connectivity index (χ0v) is 37.0. The average molecular weight is 833 g/mol. The van der Waals surface area contributed by atoms with Crippen LogP contribution in [-0.4, -0.2) is 146 Å². The van der Waals surface area contributed by atoms with Crippen LogP contribution in [0.5, 0.6) is 0 Å². The maximum Gasteiger partial charge on any atom is 0.410 e. The van der Waals surface area contributed by atoms with Gasteiger partial charge in [-0.1, -0.05) is 36.4 Å². The smallest absolute Gasteiger partial charge is 0.410 e. The standard InChI is InChI=1S/C23H38N4O4S.C18H30N4O2S/c1-18-7-6-8-19(21(18)26-11-9-20(10-12-26)24-32(5,29)30)17-25-13-15-27(16-14-25)22(28)31-23(2,3)4;1-15-4-3-5-16(14-21-12-8-19-9-13-21)18(15)22-10-6-17(7-11-22)20-25(2,23)24/h6-8,20,24H,9-17H2,1-5H3;3-5,17,19-20H,6-14H2,1-2H3. The van der Waals surface area contributed by atoms with Crippen molar-refractivity contribution in [3.63, 3.8) is 0 Å². The fourth-order valence-electron chi connectivity index (χ4n) is 8.41. The Bertz CT molecular complexity index is 1840. The zero-order chi connectivity index (χ0) is 41.4. The molecule has 0 aliphatic carbocycles. The number of benzene rings is 2. The molecular weight excluding hydrogens is 765 g/mol. The molecule has 0 saturated carbocycles. The quantitative estimate of drug-likeness (QED) is 0.324. The van der Waals surface area contributed by atoms with E-state index in [1.165, 1.54) is 46.1 Å². The molecule has 320 valence electrons. The summed E-state index contributed by atoms with van der Waals surface area (Å²) >= 11 is 0. The molecule has 0 radical (unpaired) electrons. The second-order valence-electron chi connectivity index (χ2n) is 17.2. The van der Waals surface area contributed by atoms with Crippen molar-refractivity contribution in [2.75, 3.05) is 101 Å². The van der Waals surface area contributed by atoms with Crippen LogP contribution in [0.15, 0.2) is 36.4 Å². The van der Waals surface area contributed by atoms with Gasteiger partial charge in [0.15, 0.2) is 0 Å². The van der Waals surface area contributed by atoms with E-state index in [1.54, 1.807) is 4.90 Å². The molecule has 1 amide bonds. The molecule has 0 atom stereocenters. The number of nitrogens with zero attached hydrogens (tertiary/aromatic N) is 5. The summed E-state index contributed by atoms with van der Waals surface area (Å²) in [7, 11) is -6.30. The van der Waals surface area contributed by atoms with Crippen LogP contribution in [-0.2, 0) is 37.9 Å². The molecule has 0 unspecified atom stereocenters. The molecule has 0 spiro atoms. The summed E-state index contributed by atoms with van der Waals surface area (Å²) in [4.78, 5) is 23.8. The topological polar surface area (TPSA) is 147 Å². The van der Waals surface area contributed by atoms with Crippen LogP contribution in [0.2, 0.25) is 0 Å². The number of nitrogens with one attached hydrogen (secondary N) is 3. The third-order valence-electron chi connectivity index (χ3n) is 11.0. The molecule has 4 aliphatic heterocycles. The highest BCUT2D eigenvalue weighted by Crippen LogP contribution is 2.31. The Hall–Kier alpha value is -2.99. The molecule has 4 aliphatic rings. The lowest BCUT2D eigenvalue weighted by molar-refractivity contribution is 0.0139. The Kier molecular flexibility index (Phi) is 15.7. The number of hydrogen-bond donors (Lipinski definition) is 3. The molecule has 2 aromatic carbocycles. The van der Waals surface area contributed by atoms with Crippen molar-refractivity contribution >= 4 is 37.5 Å². The molecule has 0 bridgehead atoms. The van der Waals surface area contributed by atoms with Gasteiger partial charge in [-0.25, -0.2) is 31.1 Å². The number of ether oxygens (including phenoxy) is 1. The fraction of sp³-hybridized carbons (Fsp3) is 0.683.